The maximum absolute atomic E-state index is 5.41. The molecule has 1 aliphatic rings. The predicted octanol–water partition coefficient (Wildman–Crippen LogP) is 2.58. The lowest BCUT2D eigenvalue weighted by Gasteiger charge is -2.26. The normalized spacial score (nSPS) is 18.5. The Kier molecular flexibility index (Phi) is 5.10. The summed E-state index contributed by atoms with van der Waals surface area (Å²) in [5, 5.41) is 3.52. The highest BCUT2D eigenvalue weighted by atomic mass is 35.5. The van der Waals surface area contributed by atoms with E-state index in [-0.39, 0.29) is 12.4 Å². The average molecular weight is 242 g/mol. The van der Waals surface area contributed by atoms with E-state index in [0.717, 1.165) is 18.7 Å². The first-order chi connectivity index (χ1) is 7.35. The fourth-order valence-corrected chi connectivity index (χ4v) is 2.41. The highest BCUT2D eigenvalue weighted by Gasteiger charge is 2.20. The second-order valence-electron chi connectivity index (χ2n) is 4.10. The number of fused-ring (bicyclic) bond motifs is 1. The van der Waals surface area contributed by atoms with Crippen molar-refractivity contribution >= 4 is 12.4 Å². The summed E-state index contributed by atoms with van der Waals surface area (Å²) in [7, 11) is 1.76. The van der Waals surface area contributed by atoms with Crippen LogP contribution in [-0.4, -0.2) is 19.7 Å². The van der Waals surface area contributed by atoms with Gasteiger partial charge in [0.2, 0.25) is 0 Å². The minimum absolute atomic E-state index is 0. The number of aryl methyl sites for hydroxylation is 1. The average Bonchev–Trinajstić information content (AvgIpc) is 2.28. The molecule has 3 heteroatoms. The van der Waals surface area contributed by atoms with E-state index >= 15 is 0 Å². The van der Waals surface area contributed by atoms with Crippen molar-refractivity contribution in [2.45, 2.75) is 32.2 Å². The molecule has 0 aliphatic heterocycles. The van der Waals surface area contributed by atoms with Gasteiger partial charge in [0.25, 0.3) is 0 Å². The van der Waals surface area contributed by atoms with Gasteiger partial charge in [-0.2, -0.15) is 0 Å². The number of benzene rings is 1. The number of methoxy groups -OCH3 is 1. The monoisotopic (exact) mass is 241 g/mol. The van der Waals surface area contributed by atoms with Gasteiger partial charge in [-0.1, -0.05) is 19.1 Å². The van der Waals surface area contributed by atoms with Crippen LogP contribution in [0.15, 0.2) is 18.2 Å². The standard InChI is InChI=1S/C13H19NO.ClH/c1-3-14-11-8-7-10-5-4-6-13(15-2)12(10)9-11;/h4-6,11,14H,3,7-9H2,1-2H3;1H. The van der Waals surface area contributed by atoms with Crippen LogP contribution >= 0.6 is 12.4 Å². The third kappa shape index (κ3) is 2.69. The second-order valence-corrected chi connectivity index (χ2v) is 4.10. The lowest BCUT2D eigenvalue weighted by molar-refractivity contribution is 0.395. The molecule has 0 aromatic heterocycles. The predicted molar refractivity (Wildman–Crippen MR) is 69.7 cm³/mol. The van der Waals surface area contributed by atoms with Crippen LogP contribution in [0.1, 0.15) is 24.5 Å². The van der Waals surface area contributed by atoms with Crippen LogP contribution in [0.4, 0.5) is 0 Å². The molecule has 16 heavy (non-hydrogen) atoms. The maximum Gasteiger partial charge on any atom is 0.122 e. The molecule has 1 unspecified atom stereocenters. The van der Waals surface area contributed by atoms with Crippen molar-refractivity contribution in [3.05, 3.63) is 29.3 Å². The Morgan fingerprint density at radius 3 is 2.94 bits per heavy atom. The van der Waals surface area contributed by atoms with Crippen LogP contribution in [0.3, 0.4) is 0 Å². The molecule has 1 aromatic carbocycles. The number of hydrogen-bond acceptors (Lipinski definition) is 2. The summed E-state index contributed by atoms with van der Waals surface area (Å²) in [5.74, 6) is 1.05. The van der Waals surface area contributed by atoms with Crippen LogP contribution < -0.4 is 10.1 Å². The van der Waals surface area contributed by atoms with Crippen molar-refractivity contribution < 1.29 is 4.74 Å². The molecule has 0 fully saturated rings. The fraction of sp³-hybridized carbons (Fsp3) is 0.538. The van der Waals surface area contributed by atoms with Gasteiger partial charge in [0.05, 0.1) is 7.11 Å². The van der Waals surface area contributed by atoms with Crippen LogP contribution in [0.5, 0.6) is 5.75 Å². The molecule has 90 valence electrons. The first kappa shape index (κ1) is 13.3. The number of ether oxygens (including phenoxy) is 1. The molecule has 0 radical (unpaired) electrons. The summed E-state index contributed by atoms with van der Waals surface area (Å²) in [5.41, 5.74) is 2.86. The van der Waals surface area contributed by atoms with Gasteiger partial charge in [-0.05, 0) is 43.0 Å². The molecule has 0 spiro atoms. The lowest BCUT2D eigenvalue weighted by Crippen LogP contribution is -2.34. The third-order valence-electron chi connectivity index (χ3n) is 3.16. The SMILES string of the molecule is CCNC1CCc2cccc(OC)c2C1.Cl. The third-order valence-corrected chi connectivity index (χ3v) is 3.16. The van der Waals surface area contributed by atoms with Crippen LogP contribution in [-0.2, 0) is 12.8 Å². The van der Waals surface area contributed by atoms with Gasteiger partial charge in [0.1, 0.15) is 5.75 Å². The summed E-state index contributed by atoms with van der Waals surface area (Å²) in [6.45, 7) is 3.22. The zero-order valence-electron chi connectivity index (χ0n) is 9.95. The van der Waals surface area contributed by atoms with Gasteiger partial charge >= 0.3 is 0 Å². The maximum atomic E-state index is 5.41. The molecule has 1 aliphatic carbocycles. The van der Waals surface area contributed by atoms with E-state index in [2.05, 4.69) is 30.4 Å². The molecule has 0 amide bonds. The Bertz CT molecular complexity index is 326. The molecule has 1 N–H and O–H groups in total. The lowest BCUT2D eigenvalue weighted by atomic mass is 9.87. The van der Waals surface area contributed by atoms with E-state index in [4.69, 9.17) is 4.74 Å². The number of rotatable bonds is 3. The largest absolute Gasteiger partial charge is 0.496 e. The van der Waals surface area contributed by atoms with Crippen molar-refractivity contribution in [1.82, 2.24) is 5.32 Å². The first-order valence-electron chi connectivity index (χ1n) is 5.73. The minimum atomic E-state index is 0. The number of hydrogen-bond donors (Lipinski definition) is 1. The van der Waals surface area contributed by atoms with E-state index in [1.165, 1.54) is 24.0 Å². The fourth-order valence-electron chi connectivity index (χ4n) is 2.41. The van der Waals surface area contributed by atoms with Gasteiger partial charge in [-0.15, -0.1) is 12.4 Å². The van der Waals surface area contributed by atoms with Gasteiger partial charge < -0.3 is 10.1 Å². The summed E-state index contributed by atoms with van der Waals surface area (Å²) < 4.78 is 5.41. The Labute approximate surface area is 104 Å². The van der Waals surface area contributed by atoms with Gasteiger partial charge in [-0.25, -0.2) is 0 Å². The topological polar surface area (TPSA) is 21.3 Å². The van der Waals surface area contributed by atoms with Gasteiger partial charge in [0.15, 0.2) is 0 Å². The molecule has 2 nitrogen and oxygen atoms in total. The Morgan fingerprint density at radius 2 is 2.25 bits per heavy atom. The van der Waals surface area contributed by atoms with Crippen LogP contribution in [0.2, 0.25) is 0 Å². The zero-order chi connectivity index (χ0) is 10.7. The van der Waals surface area contributed by atoms with Crippen molar-refractivity contribution in [2.75, 3.05) is 13.7 Å². The Morgan fingerprint density at radius 1 is 1.44 bits per heavy atom. The second kappa shape index (κ2) is 6.12. The molecule has 0 bridgehead atoms. The molecule has 0 saturated heterocycles. The summed E-state index contributed by atoms with van der Waals surface area (Å²) in [6.07, 6.45) is 3.52. The number of likely N-dealkylation sites (N-methyl/N-ethyl adjacent to an activating group) is 1. The summed E-state index contributed by atoms with van der Waals surface area (Å²) >= 11 is 0. The molecular weight excluding hydrogens is 222 g/mol. The summed E-state index contributed by atoms with van der Waals surface area (Å²) in [6, 6.07) is 7.00. The van der Waals surface area contributed by atoms with Crippen molar-refractivity contribution in [1.29, 1.82) is 0 Å². The molecule has 1 atom stereocenters. The van der Waals surface area contributed by atoms with Crippen molar-refractivity contribution in [2.24, 2.45) is 0 Å². The number of halogens is 1. The Balaban J connectivity index is 0.00000128. The highest BCUT2D eigenvalue weighted by molar-refractivity contribution is 5.85. The van der Waals surface area contributed by atoms with Crippen LogP contribution in [0, 0.1) is 0 Å². The minimum Gasteiger partial charge on any atom is -0.496 e. The molecule has 0 saturated carbocycles. The molecular formula is C13H20ClNO. The highest BCUT2D eigenvalue weighted by Crippen LogP contribution is 2.29. The summed E-state index contributed by atoms with van der Waals surface area (Å²) in [4.78, 5) is 0. The quantitative estimate of drug-likeness (QED) is 0.879. The van der Waals surface area contributed by atoms with Crippen LogP contribution in [0.25, 0.3) is 0 Å². The number of nitrogens with one attached hydrogen (secondary N) is 1. The van der Waals surface area contributed by atoms with Crippen molar-refractivity contribution in [3.63, 3.8) is 0 Å². The van der Waals surface area contributed by atoms with Gasteiger partial charge in [0, 0.05) is 6.04 Å². The van der Waals surface area contributed by atoms with E-state index in [1.54, 1.807) is 7.11 Å². The Hall–Kier alpha value is -0.730. The zero-order valence-corrected chi connectivity index (χ0v) is 10.8. The van der Waals surface area contributed by atoms with Crippen molar-refractivity contribution in [3.8, 4) is 5.75 Å². The molecule has 0 heterocycles. The molecule has 2 rings (SSSR count). The van der Waals surface area contributed by atoms with E-state index in [1.807, 2.05) is 0 Å². The smallest absolute Gasteiger partial charge is 0.122 e. The van der Waals surface area contributed by atoms with Gasteiger partial charge in [-0.3, -0.25) is 0 Å². The molecule has 1 aromatic rings. The van der Waals surface area contributed by atoms with E-state index in [9.17, 15) is 0 Å². The first-order valence-corrected chi connectivity index (χ1v) is 5.73. The van der Waals surface area contributed by atoms with E-state index in [0.29, 0.717) is 6.04 Å². The van der Waals surface area contributed by atoms with E-state index < -0.39 is 0 Å².